The molecule has 0 bridgehead atoms. The van der Waals surface area contributed by atoms with Gasteiger partial charge in [-0.15, -0.1) is 0 Å². The molecule has 2 aromatic carbocycles. The second kappa shape index (κ2) is 6.99. The van der Waals surface area contributed by atoms with Gasteiger partial charge in [-0.05, 0) is 24.3 Å². The lowest BCUT2D eigenvalue weighted by Gasteiger charge is -2.11. The molecule has 0 aliphatic heterocycles. The first kappa shape index (κ1) is 15.2. The second-order valence-corrected chi connectivity index (χ2v) is 4.40. The average Bonchev–Trinajstić information content (AvgIpc) is 2.55. The van der Waals surface area contributed by atoms with Crippen LogP contribution in [0.15, 0.2) is 42.5 Å². The maximum atomic E-state index is 11.9. The maximum absolute atomic E-state index is 11.9. The molecule has 0 heterocycles. The Morgan fingerprint density at radius 2 is 2.05 bits per heavy atom. The first-order valence-electron chi connectivity index (χ1n) is 6.49. The number of hydrogen-bond donors (Lipinski definition) is 2. The molecule has 2 rings (SSSR count). The Morgan fingerprint density at radius 3 is 2.73 bits per heavy atom. The summed E-state index contributed by atoms with van der Waals surface area (Å²) in [5, 5.41) is 11.5. The monoisotopic (exact) mass is 297 g/mol. The van der Waals surface area contributed by atoms with Gasteiger partial charge in [0, 0.05) is 6.07 Å². The Balaban J connectivity index is 2.00. The van der Waals surface area contributed by atoms with Gasteiger partial charge in [0.2, 0.25) is 0 Å². The van der Waals surface area contributed by atoms with Crippen LogP contribution in [0, 0.1) is 11.3 Å². The number of para-hydroxylation sites is 2. The van der Waals surface area contributed by atoms with Crippen molar-refractivity contribution < 1.29 is 14.3 Å². The number of amides is 1. The number of rotatable bonds is 5. The number of benzene rings is 2. The van der Waals surface area contributed by atoms with Crippen molar-refractivity contribution in [2.45, 2.75) is 0 Å². The van der Waals surface area contributed by atoms with E-state index in [0.717, 1.165) is 0 Å². The van der Waals surface area contributed by atoms with E-state index < -0.39 is 0 Å². The normalized spacial score (nSPS) is 9.64. The number of anilines is 2. The number of nitriles is 1. The molecule has 0 saturated carbocycles. The molecule has 0 aliphatic rings. The number of carbonyl (C=O) groups is 1. The third kappa shape index (κ3) is 3.67. The lowest BCUT2D eigenvalue weighted by Crippen LogP contribution is -2.21. The fourth-order valence-electron chi connectivity index (χ4n) is 1.80. The summed E-state index contributed by atoms with van der Waals surface area (Å²) in [4.78, 5) is 11.9. The van der Waals surface area contributed by atoms with Gasteiger partial charge in [-0.1, -0.05) is 12.1 Å². The molecule has 0 saturated heterocycles. The Hall–Kier alpha value is -3.20. The highest BCUT2D eigenvalue weighted by Gasteiger charge is 2.09. The zero-order valence-electron chi connectivity index (χ0n) is 12.0. The van der Waals surface area contributed by atoms with Gasteiger partial charge < -0.3 is 20.5 Å². The third-order valence-corrected chi connectivity index (χ3v) is 2.89. The predicted molar refractivity (Wildman–Crippen MR) is 82.7 cm³/mol. The molecule has 112 valence electrons. The first-order valence-corrected chi connectivity index (χ1v) is 6.49. The summed E-state index contributed by atoms with van der Waals surface area (Å²) in [5.41, 5.74) is 7.21. The zero-order valence-corrected chi connectivity index (χ0v) is 12.0. The molecule has 22 heavy (non-hydrogen) atoms. The van der Waals surface area contributed by atoms with Crippen LogP contribution in [0.3, 0.4) is 0 Å². The Kier molecular flexibility index (Phi) is 4.83. The van der Waals surface area contributed by atoms with E-state index in [1.807, 2.05) is 6.07 Å². The molecule has 1 amide bonds. The van der Waals surface area contributed by atoms with Crippen molar-refractivity contribution in [1.29, 1.82) is 5.26 Å². The second-order valence-electron chi connectivity index (χ2n) is 4.40. The van der Waals surface area contributed by atoms with Crippen molar-refractivity contribution in [3.05, 3.63) is 48.0 Å². The molecule has 0 atom stereocenters. The molecule has 0 aliphatic carbocycles. The van der Waals surface area contributed by atoms with E-state index >= 15 is 0 Å². The lowest BCUT2D eigenvalue weighted by molar-refractivity contribution is -0.118. The van der Waals surface area contributed by atoms with Crippen LogP contribution in [-0.2, 0) is 4.79 Å². The van der Waals surface area contributed by atoms with Crippen molar-refractivity contribution in [1.82, 2.24) is 0 Å². The van der Waals surface area contributed by atoms with Crippen molar-refractivity contribution in [3.8, 4) is 17.6 Å². The minimum absolute atomic E-state index is 0.198. The number of ether oxygens (including phenoxy) is 2. The number of nitrogens with zero attached hydrogens (tertiary/aromatic N) is 1. The molecule has 0 fully saturated rings. The van der Waals surface area contributed by atoms with E-state index in [1.54, 1.807) is 42.5 Å². The molecule has 0 unspecified atom stereocenters. The molecule has 0 aromatic heterocycles. The van der Waals surface area contributed by atoms with Crippen LogP contribution in [0.1, 0.15) is 5.56 Å². The summed E-state index contributed by atoms with van der Waals surface area (Å²) in [6.07, 6.45) is 0. The minimum Gasteiger partial charge on any atom is -0.493 e. The molecule has 0 radical (unpaired) electrons. The minimum atomic E-state index is -0.343. The number of carbonyl (C=O) groups excluding carboxylic acids is 1. The van der Waals surface area contributed by atoms with Crippen molar-refractivity contribution in [2.24, 2.45) is 0 Å². The molecular formula is C16H15N3O3. The van der Waals surface area contributed by atoms with Crippen LogP contribution in [-0.4, -0.2) is 19.6 Å². The first-order chi connectivity index (χ1) is 10.6. The highest BCUT2D eigenvalue weighted by Crippen LogP contribution is 2.27. The summed E-state index contributed by atoms with van der Waals surface area (Å²) in [6.45, 7) is -0.198. The zero-order chi connectivity index (χ0) is 15.9. The number of methoxy groups -OCH3 is 1. The quantitative estimate of drug-likeness (QED) is 0.824. The largest absolute Gasteiger partial charge is 0.493 e. The number of nitrogens with one attached hydrogen (secondary N) is 1. The van der Waals surface area contributed by atoms with Crippen molar-refractivity contribution >= 4 is 17.3 Å². The smallest absolute Gasteiger partial charge is 0.262 e. The van der Waals surface area contributed by atoms with Gasteiger partial charge in [-0.25, -0.2) is 0 Å². The van der Waals surface area contributed by atoms with Gasteiger partial charge in [0.05, 0.1) is 30.1 Å². The van der Waals surface area contributed by atoms with E-state index in [2.05, 4.69) is 5.32 Å². The van der Waals surface area contributed by atoms with Crippen LogP contribution in [0.4, 0.5) is 11.4 Å². The fourth-order valence-corrected chi connectivity index (χ4v) is 1.80. The van der Waals surface area contributed by atoms with Crippen LogP contribution in [0.25, 0.3) is 0 Å². The predicted octanol–water partition coefficient (Wildman–Crippen LogP) is 2.17. The Labute approximate surface area is 128 Å². The van der Waals surface area contributed by atoms with E-state index in [9.17, 15) is 4.79 Å². The highest BCUT2D eigenvalue weighted by molar-refractivity contribution is 5.94. The Bertz CT molecular complexity index is 723. The topological polar surface area (TPSA) is 97.4 Å². The molecule has 3 N–H and O–H groups in total. The average molecular weight is 297 g/mol. The van der Waals surface area contributed by atoms with Gasteiger partial charge in [0.1, 0.15) is 0 Å². The standard InChI is InChI=1S/C16H15N3O3/c1-21-15-8-11(9-17)6-7-14(15)22-10-16(20)19-13-5-3-2-4-12(13)18/h2-8H,10,18H2,1H3,(H,19,20). The fraction of sp³-hybridized carbons (Fsp3) is 0.125. The Morgan fingerprint density at radius 1 is 1.27 bits per heavy atom. The van der Waals surface area contributed by atoms with Gasteiger partial charge in [0.15, 0.2) is 18.1 Å². The summed E-state index contributed by atoms with van der Waals surface area (Å²) >= 11 is 0. The van der Waals surface area contributed by atoms with E-state index in [0.29, 0.717) is 28.4 Å². The van der Waals surface area contributed by atoms with E-state index in [-0.39, 0.29) is 12.5 Å². The molecule has 2 aromatic rings. The van der Waals surface area contributed by atoms with Gasteiger partial charge in [-0.3, -0.25) is 4.79 Å². The highest BCUT2D eigenvalue weighted by atomic mass is 16.5. The van der Waals surface area contributed by atoms with Crippen LogP contribution >= 0.6 is 0 Å². The van der Waals surface area contributed by atoms with Crippen molar-refractivity contribution in [2.75, 3.05) is 24.8 Å². The summed E-state index contributed by atoms with van der Waals surface area (Å²) in [7, 11) is 1.47. The van der Waals surface area contributed by atoms with E-state index in [1.165, 1.54) is 7.11 Å². The molecule has 0 spiro atoms. The molecule has 6 nitrogen and oxygen atoms in total. The van der Waals surface area contributed by atoms with Crippen molar-refractivity contribution in [3.63, 3.8) is 0 Å². The van der Waals surface area contributed by atoms with Crippen LogP contribution < -0.4 is 20.5 Å². The maximum Gasteiger partial charge on any atom is 0.262 e. The SMILES string of the molecule is COc1cc(C#N)ccc1OCC(=O)Nc1ccccc1N. The summed E-state index contributed by atoms with van der Waals surface area (Å²) in [6, 6.07) is 13.7. The number of hydrogen-bond acceptors (Lipinski definition) is 5. The summed E-state index contributed by atoms with van der Waals surface area (Å²) in [5.74, 6) is 0.438. The van der Waals surface area contributed by atoms with Gasteiger partial charge >= 0.3 is 0 Å². The lowest BCUT2D eigenvalue weighted by atomic mass is 10.2. The van der Waals surface area contributed by atoms with E-state index in [4.69, 9.17) is 20.5 Å². The van der Waals surface area contributed by atoms with Crippen LogP contribution in [0.2, 0.25) is 0 Å². The number of nitrogens with two attached hydrogens (primary N) is 1. The van der Waals surface area contributed by atoms with Gasteiger partial charge in [-0.2, -0.15) is 5.26 Å². The number of nitrogen functional groups attached to an aromatic ring is 1. The molecule has 6 heteroatoms. The third-order valence-electron chi connectivity index (χ3n) is 2.89. The molecular weight excluding hydrogens is 282 g/mol. The van der Waals surface area contributed by atoms with Gasteiger partial charge in [0.25, 0.3) is 5.91 Å². The summed E-state index contributed by atoms with van der Waals surface area (Å²) < 4.78 is 10.5. The van der Waals surface area contributed by atoms with Crippen LogP contribution in [0.5, 0.6) is 11.5 Å².